The molecule has 0 saturated heterocycles. The van der Waals surface area contributed by atoms with Crippen molar-refractivity contribution in [2.75, 3.05) is 13.1 Å². The molecule has 0 heterocycles. The van der Waals surface area contributed by atoms with Crippen LogP contribution in [0.4, 0.5) is 4.79 Å². The average molecular weight is 258 g/mol. The van der Waals surface area contributed by atoms with Crippen LogP contribution in [0.3, 0.4) is 0 Å². The van der Waals surface area contributed by atoms with Crippen LogP contribution in [-0.2, 0) is 4.79 Å². The van der Waals surface area contributed by atoms with E-state index in [2.05, 4.69) is 5.32 Å². The van der Waals surface area contributed by atoms with Crippen LogP contribution >= 0.6 is 0 Å². The minimum Gasteiger partial charge on any atom is -0.481 e. The van der Waals surface area contributed by atoms with E-state index in [0.717, 1.165) is 0 Å². The molecule has 0 radical (unpaired) electrons. The Morgan fingerprint density at radius 1 is 1.22 bits per heavy atom. The second-order valence-electron chi connectivity index (χ2n) is 5.99. The molecule has 0 aliphatic rings. The first-order chi connectivity index (χ1) is 8.08. The van der Waals surface area contributed by atoms with Crippen molar-refractivity contribution >= 4 is 12.0 Å². The third-order valence-electron chi connectivity index (χ3n) is 2.71. The van der Waals surface area contributed by atoms with E-state index in [-0.39, 0.29) is 18.6 Å². The summed E-state index contributed by atoms with van der Waals surface area (Å²) in [5.74, 6) is -0.534. The molecule has 5 heteroatoms. The quantitative estimate of drug-likeness (QED) is 0.767. The smallest absolute Gasteiger partial charge is 0.317 e. The van der Waals surface area contributed by atoms with Gasteiger partial charge < -0.3 is 15.3 Å². The molecule has 0 atom stereocenters. The summed E-state index contributed by atoms with van der Waals surface area (Å²) in [4.78, 5) is 24.7. The van der Waals surface area contributed by atoms with E-state index < -0.39 is 11.4 Å². The van der Waals surface area contributed by atoms with E-state index in [1.165, 1.54) is 0 Å². The van der Waals surface area contributed by atoms with Crippen molar-refractivity contribution in [3.8, 4) is 0 Å². The van der Waals surface area contributed by atoms with Gasteiger partial charge in [0.2, 0.25) is 0 Å². The van der Waals surface area contributed by atoms with Crippen LogP contribution in [0.1, 0.15) is 41.5 Å². The third kappa shape index (κ3) is 5.38. The van der Waals surface area contributed by atoms with Gasteiger partial charge in [-0.25, -0.2) is 4.79 Å². The monoisotopic (exact) mass is 258 g/mol. The van der Waals surface area contributed by atoms with Gasteiger partial charge in [0.15, 0.2) is 0 Å². The predicted molar refractivity (Wildman–Crippen MR) is 71.5 cm³/mol. The Balaban J connectivity index is 4.49. The minimum atomic E-state index is -0.948. The summed E-state index contributed by atoms with van der Waals surface area (Å²) in [7, 11) is 0. The summed E-state index contributed by atoms with van der Waals surface area (Å²) >= 11 is 0. The van der Waals surface area contributed by atoms with E-state index in [0.29, 0.717) is 12.5 Å². The van der Waals surface area contributed by atoms with Crippen LogP contribution in [-0.4, -0.2) is 41.1 Å². The van der Waals surface area contributed by atoms with Crippen LogP contribution in [0.5, 0.6) is 0 Å². The zero-order chi connectivity index (χ0) is 14.5. The summed E-state index contributed by atoms with van der Waals surface area (Å²) in [6.07, 6.45) is 0. The lowest BCUT2D eigenvalue weighted by Crippen LogP contribution is -2.49. The van der Waals surface area contributed by atoms with Crippen LogP contribution in [0.15, 0.2) is 0 Å². The molecule has 5 nitrogen and oxygen atoms in total. The molecule has 0 rings (SSSR count). The maximum atomic E-state index is 12.0. The molecular formula is C13H26N2O3. The van der Waals surface area contributed by atoms with Crippen molar-refractivity contribution in [1.82, 2.24) is 10.2 Å². The van der Waals surface area contributed by atoms with Crippen molar-refractivity contribution in [2.45, 2.75) is 47.6 Å². The molecule has 0 aromatic carbocycles. The highest BCUT2D eigenvalue weighted by Crippen LogP contribution is 2.13. The van der Waals surface area contributed by atoms with Crippen LogP contribution in [0.2, 0.25) is 0 Å². The highest BCUT2D eigenvalue weighted by atomic mass is 16.4. The fourth-order valence-electron chi connectivity index (χ4n) is 1.40. The highest BCUT2D eigenvalue weighted by Gasteiger charge is 2.28. The summed E-state index contributed by atoms with van der Waals surface area (Å²) in [6, 6.07) is -0.103. The van der Waals surface area contributed by atoms with Crippen LogP contribution < -0.4 is 5.32 Å². The Labute approximate surface area is 110 Å². The van der Waals surface area contributed by atoms with E-state index in [1.54, 1.807) is 18.7 Å². The topological polar surface area (TPSA) is 69.6 Å². The van der Waals surface area contributed by atoms with Crippen molar-refractivity contribution < 1.29 is 14.7 Å². The molecule has 2 amide bonds. The first-order valence-corrected chi connectivity index (χ1v) is 6.35. The summed E-state index contributed by atoms with van der Waals surface area (Å²) in [6.45, 7) is 12.0. The van der Waals surface area contributed by atoms with Gasteiger partial charge in [0.05, 0.1) is 5.41 Å². The van der Waals surface area contributed by atoms with Gasteiger partial charge in [0, 0.05) is 19.1 Å². The Hall–Kier alpha value is -1.26. The van der Waals surface area contributed by atoms with Gasteiger partial charge in [-0.2, -0.15) is 0 Å². The SMILES string of the molecule is CC(C)CN(C(=O)NCC(C)(C)C(=O)O)C(C)C. The second kappa shape index (κ2) is 6.61. The molecule has 0 bridgehead atoms. The molecule has 2 N–H and O–H groups in total. The van der Waals surface area contributed by atoms with Gasteiger partial charge in [-0.05, 0) is 33.6 Å². The van der Waals surface area contributed by atoms with Gasteiger partial charge in [0.1, 0.15) is 0 Å². The van der Waals surface area contributed by atoms with Crippen molar-refractivity contribution in [2.24, 2.45) is 11.3 Å². The maximum absolute atomic E-state index is 12.0. The van der Waals surface area contributed by atoms with Gasteiger partial charge in [-0.3, -0.25) is 4.79 Å². The van der Waals surface area contributed by atoms with Crippen molar-refractivity contribution in [3.63, 3.8) is 0 Å². The molecule has 0 fully saturated rings. The molecule has 0 unspecified atom stereocenters. The van der Waals surface area contributed by atoms with Gasteiger partial charge in [0.25, 0.3) is 0 Å². The Morgan fingerprint density at radius 2 is 1.72 bits per heavy atom. The first-order valence-electron chi connectivity index (χ1n) is 6.35. The number of nitrogens with zero attached hydrogens (tertiary/aromatic N) is 1. The number of aliphatic carboxylic acids is 1. The van der Waals surface area contributed by atoms with Gasteiger partial charge in [-0.15, -0.1) is 0 Å². The lowest BCUT2D eigenvalue weighted by atomic mass is 9.94. The normalized spacial score (nSPS) is 11.8. The Bertz CT molecular complexity index is 299. The zero-order valence-electron chi connectivity index (χ0n) is 12.3. The molecule has 0 spiro atoms. The number of nitrogens with one attached hydrogen (secondary N) is 1. The van der Waals surface area contributed by atoms with E-state index in [9.17, 15) is 9.59 Å². The molecule has 18 heavy (non-hydrogen) atoms. The van der Waals surface area contributed by atoms with Crippen LogP contribution in [0.25, 0.3) is 0 Å². The standard InChI is InChI=1S/C13H26N2O3/c1-9(2)7-15(10(3)4)12(18)14-8-13(5,6)11(16)17/h9-10H,7-8H2,1-6H3,(H,14,18)(H,16,17). The van der Waals surface area contributed by atoms with Crippen molar-refractivity contribution in [3.05, 3.63) is 0 Å². The maximum Gasteiger partial charge on any atom is 0.317 e. The third-order valence-corrected chi connectivity index (χ3v) is 2.71. The molecule has 0 aliphatic heterocycles. The number of carbonyl (C=O) groups is 2. The van der Waals surface area contributed by atoms with E-state index in [1.807, 2.05) is 27.7 Å². The predicted octanol–water partition coefficient (Wildman–Crippen LogP) is 2.17. The lowest BCUT2D eigenvalue weighted by molar-refractivity contribution is -0.146. The fourth-order valence-corrected chi connectivity index (χ4v) is 1.40. The lowest BCUT2D eigenvalue weighted by Gasteiger charge is -2.30. The molecule has 0 saturated carbocycles. The number of rotatable bonds is 6. The summed E-state index contributed by atoms with van der Waals surface area (Å²) in [5.41, 5.74) is -0.948. The Morgan fingerprint density at radius 3 is 2.06 bits per heavy atom. The Kier molecular flexibility index (Phi) is 6.15. The van der Waals surface area contributed by atoms with Crippen LogP contribution in [0, 0.1) is 11.3 Å². The van der Waals surface area contributed by atoms with Gasteiger partial charge >= 0.3 is 12.0 Å². The number of carboxylic acids is 1. The number of amides is 2. The molecule has 0 aromatic heterocycles. The molecule has 106 valence electrons. The highest BCUT2D eigenvalue weighted by molar-refractivity contribution is 5.77. The number of carboxylic acid groups (broad SMARTS) is 1. The van der Waals surface area contributed by atoms with E-state index >= 15 is 0 Å². The summed E-state index contributed by atoms with van der Waals surface area (Å²) in [5, 5.41) is 11.7. The molecular weight excluding hydrogens is 232 g/mol. The number of hydrogen-bond acceptors (Lipinski definition) is 2. The first kappa shape index (κ1) is 16.7. The largest absolute Gasteiger partial charge is 0.481 e. The van der Waals surface area contributed by atoms with E-state index in [4.69, 9.17) is 5.11 Å². The number of urea groups is 1. The average Bonchev–Trinajstić information content (AvgIpc) is 2.21. The molecule has 0 aliphatic carbocycles. The zero-order valence-corrected chi connectivity index (χ0v) is 12.3. The van der Waals surface area contributed by atoms with Crippen molar-refractivity contribution in [1.29, 1.82) is 0 Å². The second-order valence-corrected chi connectivity index (χ2v) is 5.99. The number of carbonyl (C=O) groups excluding carboxylic acids is 1. The minimum absolute atomic E-state index is 0.0975. The number of hydrogen-bond donors (Lipinski definition) is 2. The molecule has 0 aromatic rings. The van der Waals surface area contributed by atoms with Gasteiger partial charge in [-0.1, -0.05) is 13.8 Å². The fraction of sp³-hybridized carbons (Fsp3) is 0.846. The summed E-state index contributed by atoms with van der Waals surface area (Å²) < 4.78 is 0.